The fourth-order valence-electron chi connectivity index (χ4n) is 5.83. The SMILES string of the molecule is CCc1cc(O)c(F)cc1-c1ccc2c(-c3nc4c([nH]3)CN(S(=O)(=O)N3CCC(C(=O)NC)CC3)CC4)n[nH]c2c1. The Balaban J connectivity index is 1.22. The number of fused-ring (bicyclic) bond motifs is 2. The smallest absolute Gasteiger partial charge is 0.282 e. The van der Waals surface area contributed by atoms with Crippen molar-refractivity contribution in [2.45, 2.75) is 39.2 Å². The number of hydrogen-bond donors (Lipinski definition) is 4. The molecular weight excluding hydrogens is 549 g/mol. The van der Waals surface area contributed by atoms with E-state index in [2.05, 4.69) is 20.5 Å². The lowest BCUT2D eigenvalue weighted by Crippen LogP contribution is -2.49. The number of carbonyl (C=O) groups is 1. The van der Waals surface area contributed by atoms with Crippen molar-refractivity contribution < 1.29 is 22.7 Å². The van der Waals surface area contributed by atoms with Gasteiger partial charge in [-0.15, -0.1) is 0 Å². The molecule has 1 saturated heterocycles. The van der Waals surface area contributed by atoms with E-state index in [9.17, 15) is 22.7 Å². The van der Waals surface area contributed by atoms with Crippen LogP contribution in [0.1, 0.15) is 36.7 Å². The van der Waals surface area contributed by atoms with E-state index in [0.29, 0.717) is 62.4 Å². The second-order valence-corrected chi connectivity index (χ2v) is 12.5. The van der Waals surface area contributed by atoms with E-state index >= 15 is 0 Å². The summed E-state index contributed by atoms with van der Waals surface area (Å²) < 4.78 is 43.9. The minimum Gasteiger partial charge on any atom is -0.505 e. The fraction of sp³-hybridized carbons (Fsp3) is 0.393. The number of amides is 1. The number of nitrogens with zero attached hydrogens (tertiary/aromatic N) is 4. The molecule has 0 radical (unpaired) electrons. The van der Waals surface area contributed by atoms with Gasteiger partial charge in [0.2, 0.25) is 5.91 Å². The van der Waals surface area contributed by atoms with E-state index in [1.807, 2.05) is 25.1 Å². The van der Waals surface area contributed by atoms with Crippen LogP contribution in [-0.4, -0.2) is 74.9 Å². The third-order valence-corrected chi connectivity index (χ3v) is 10.2. The van der Waals surface area contributed by atoms with Gasteiger partial charge in [-0.3, -0.25) is 9.89 Å². The Morgan fingerprint density at radius 1 is 1.17 bits per heavy atom. The number of aromatic hydroxyl groups is 1. The highest BCUT2D eigenvalue weighted by Crippen LogP contribution is 2.34. The molecule has 0 spiro atoms. The predicted octanol–water partition coefficient (Wildman–Crippen LogP) is 3.09. The Morgan fingerprint density at radius 3 is 2.68 bits per heavy atom. The summed E-state index contributed by atoms with van der Waals surface area (Å²) in [6, 6.07) is 8.47. The third kappa shape index (κ3) is 4.87. The van der Waals surface area contributed by atoms with Crippen molar-refractivity contribution in [3.05, 3.63) is 53.1 Å². The fourth-order valence-corrected chi connectivity index (χ4v) is 7.44. The van der Waals surface area contributed by atoms with Crippen LogP contribution in [0.25, 0.3) is 33.5 Å². The number of H-pyrrole nitrogens is 2. The molecule has 11 nitrogen and oxygen atoms in total. The van der Waals surface area contributed by atoms with Gasteiger partial charge in [0.1, 0.15) is 5.69 Å². The molecule has 2 aliphatic rings. The van der Waals surface area contributed by atoms with Crippen LogP contribution in [0, 0.1) is 11.7 Å². The monoisotopic (exact) mass is 581 g/mol. The summed E-state index contributed by atoms with van der Waals surface area (Å²) in [6.45, 7) is 3.08. The molecule has 2 aromatic heterocycles. The van der Waals surface area contributed by atoms with E-state index < -0.39 is 16.0 Å². The molecule has 41 heavy (non-hydrogen) atoms. The molecule has 216 valence electrons. The summed E-state index contributed by atoms with van der Waals surface area (Å²) in [7, 11) is -2.08. The van der Waals surface area contributed by atoms with Gasteiger partial charge in [-0.2, -0.15) is 22.1 Å². The summed E-state index contributed by atoms with van der Waals surface area (Å²) in [6.07, 6.45) is 2.11. The minimum atomic E-state index is -3.68. The number of aromatic nitrogens is 4. The number of aromatic amines is 2. The van der Waals surface area contributed by atoms with Gasteiger partial charge in [-0.1, -0.05) is 13.0 Å². The zero-order valence-corrected chi connectivity index (χ0v) is 23.7. The molecule has 0 saturated carbocycles. The zero-order chi connectivity index (χ0) is 28.9. The molecule has 1 amide bonds. The molecule has 0 unspecified atom stereocenters. The lowest BCUT2D eigenvalue weighted by atomic mass is 9.96. The van der Waals surface area contributed by atoms with Gasteiger partial charge in [0.25, 0.3) is 10.2 Å². The molecule has 4 N–H and O–H groups in total. The van der Waals surface area contributed by atoms with E-state index in [-0.39, 0.29) is 24.1 Å². The third-order valence-electron chi connectivity index (χ3n) is 8.17. The minimum absolute atomic E-state index is 0.0447. The van der Waals surface area contributed by atoms with Gasteiger partial charge in [-0.05, 0) is 60.2 Å². The largest absolute Gasteiger partial charge is 0.505 e. The summed E-state index contributed by atoms with van der Waals surface area (Å²) in [5.41, 5.74) is 5.22. The standard InChI is InChI=1S/C28H32FN7O4S/c1-3-16-13-25(37)21(29)14-20(16)18-4-5-19-23(12-18)33-34-26(19)27-31-22-8-11-36(15-24(22)32-27)41(39,40)35-9-6-17(7-10-35)28(38)30-2/h4-5,12-14,17,37H,3,6-11,15H2,1-2H3,(H,30,38)(H,31,32)(H,33,34). The van der Waals surface area contributed by atoms with Crippen molar-refractivity contribution in [3.63, 3.8) is 0 Å². The number of aryl methyl sites for hydroxylation is 1. The van der Waals surface area contributed by atoms with Crippen molar-refractivity contribution in [2.24, 2.45) is 5.92 Å². The Kier molecular flexibility index (Phi) is 7.04. The quantitative estimate of drug-likeness (QED) is 0.275. The first-order valence-corrected chi connectivity index (χ1v) is 15.1. The van der Waals surface area contributed by atoms with E-state index in [0.717, 1.165) is 33.4 Å². The van der Waals surface area contributed by atoms with Gasteiger partial charge >= 0.3 is 0 Å². The highest BCUT2D eigenvalue weighted by atomic mass is 32.2. The van der Waals surface area contributed by atoms with Gasteiger partial charge in [-0.25, -0.2) is 9.37 Å². The maximum absolute atomic E-state index is 14.2. The van der Waals surface area contributed by atoms with E-state index in [1.165, 1.54) is 20.7 Å². The number of carbonyl (C=O) groups excluding carboxylic acids is 1. The average molecular weight is 582 g/mol. The molecule has 2 aliphatic heterocycles. The summed E-state index contributed by atoms with van der Waals surface area (Å²) in [4.78, 5) is 20.0. The first-order chi connectivity index (χ1) is 19.7. The predicted molar refractivity (Wildman–Crippen MR) is 152 cm³/mol. The number of phenols is 1. The highest BCUT2D eigenvalue weighted by molar-refractivity contribution is 7.86. The number of piperidine rings is 1. The average Bonchev–Trinajstić information content (AvgIpc) is 3.61. The molecule has 1 fully saturated rings. The van der Waals surface area contributed by atoms with Crippen LogP contribution in [-0.2, 0) is 34.4 Å². The Morgan fingerprint density at radius 2 is 1.95 bits per heavy atom. The zero-order valence-electron chi connectivity index (χ0n) is 22.9. The first-order valence-electron chi connectivity index (χ1n) is 13.7. The van der Waals surface area contributed by atoms with Crippen molar-refractivity contribution in [2.75, 3.05) is 26.7 Å². The summed E-state index contributed by atoms with van der Waals surface area (Å²) in [5, 5.41) is 20.8. The van der Waals surface area contributed by atoms with Crippen LogP contribution in [0.2, 0.25) is 0 Å². The molecule has 0 atom stereocenters. The van der Waals surface area contributed by atoms with Crippen LogP contribution in [0.15, 0.2) is 30.3 Å². The van der Waals surface area contributed by atoms with Gasteiger partial charge in [0.15, 0.2) is 17.4 Å². The van der Waals surface area contributed by atoms with Crippen molar-refractivity contribution in [1.82, 2.24) is 34.1 Å². The van der Waals surface area contributed by atoms with Crippen molar-refractivity contribution in [3.8, 4) is 28.4 Å². The number of phenolic OH excluding ortho intramolecular Hbond substituents is 1. The number of nitrogens with one attached hydrogen (secondary N) is 3. The highest BCUT2D eigenvalue weighted by Gasteiger charge is 2.37. The Labute approximate surface area is 237 Å². The van der Waals surface area contributed by atoms with Crippen molar-refractivity contribution in [1.29, 1.82) is 0 Å². The van der Waals surface area contributed by atoms with Gasteiger partial charge < -0.3 is 15.4 Å². The van der Waals surface area contributed by atoms with Crippen LogP contribution in [0.5, 0.6) is 5.75 Å². The molecule has 13 heteroatoms. The number of halogens is 1. The molecule has 6 rings (SSSR count). The maximum Gasteiger partial charge on any atom is 0.282 e. The summed E-state index contributed by atoms with van der Waals surface area (Å²) >= 11 is 0. The van der Waals surface area contributed by atoms with Gasteiger partial charge in [0.05, 0.1) is 23.4 Å². The second-order valence-electron chi connectivity index (χ2n) is 10.5. The van der Waals surface area contributed by atoms with Crippen LogP contribution < -0.4 is 5.32 Å². The first kappa shape index (κ1) is 27.4. The van der Waals surface area contributed by atoms with Crippen LogP contribution in [0.4, 0.5) is 4.39 Å². The molecule has 2 aromatic carbocycles. The second kappa shape index (κ2) is 10.5. The number of imidazole rings is 1. The molecule has 0 bridgehead atoms. The van der Waals surface area contributed by atoms with E-state index in [1.54, 1.807) is 7.05 Å². The Hall–Kier alpha value is -3.81. The molecule has 4 heterocycles. The van der Waals surface area contributed by atoms with Gasteiger partial charge in [0, 0.05) is 44.4 Å². The Bertz CT molecular complexity index is 1740. The van der Waals surface area contributed by atoms with E-state index in [4.69, 9.17) is 4.98 Å². The lowest BCUT2D eigenvalue weighted by Gasteiger charge is -2.35. The molecule has 0 aliphatic carbocycles. The number of rotatable bonds is 6. The molecule has 4 aromatic rings. The maximum atomic E-state index is 14.2. The number of hydrogen-bond acceptors (Lipinski definition) is 6. The molecular formula is C28H32FN7O4S. The van der Waals surface area contributed by atoms with Crippen LogP contribution >= 0.6 is 0 Å². The topological polar surface area (TPSA) is 147 Å². The number of benzene rings is 2. The summed E-state index contributed by atoms with van der Waals surface area (Å²) in [5.74, 6) is -0.700. The normalized spacial score (nSPS) is 17.1. The van der Waals surface area contributed by atoms with Crippen molar-refractivity contribution >= 4 is 27.0 Å². The van der Waals surface area contributed by atoms with Crippen LogP contribution in [0.3, 0.4) is 0 Å². The lowest BCUT2D eigenvalue weighted by molar-refractivity contribution is -0.125.